The molecule has 0 bridgehead atoms. The van der Waals surface area contributed by atoms with Crippen molar-refractivity contribution >= 4 is 46.1 Å². The molecule has 1 amide bonds. The molecule has 1 saturated heterocycles. The highest BCUT2D eigenvalue weighted by molar-refractivity contribution is 7.80. The predicted molar refractivity (Wildman–Crippen MR) is 129 cm³/mol. The molecule has 1 atom stereocenters. The summed E-state index contributed by atoms with van der Waals surface area (Å²) in [5.74, 6) is -0.166. The lowest BCUT2D eigenvalue weighted by molar-refractivity contribution is 0.0374. The van der Waals surface area contributed by atoms with E-state index >= 15 is 0 Å². The van der Waals surface area contributed by atoms with E-state index in [0.29, 0.717) is 34.3 Å². The van der Waals surface area contributed by atoms with Gasteiger partial charge in [-0.05, 0) is 55.3 Å². The van der Waals surface area contributed by atoms with Gasteiger partial charge in [-0.3, -0.25) is 18.6 Å². The van der Waals surface area contributed by atoms with Gasteiger partial charge in [0, 0.05) is 31.7 Å². The van der Waals surface area contributed by atoms with Crippen LogP contribution in [0.4, 0.5) is 5.69 Å². The molecule has 0 saturated carbocycles. The number of morpholine rings is 1. The second kappa shape index (κ2) is 12.5. The average Bonchev–Trinajstić information content (AvgIpc) is 2.80. The van der Waals surface area contributed by atoms with Crippen LogP contribution < -0.4 is 9.62 Å². The highest BCUT2D eigenvalue weighted by Gasteiger charge is 2.15. The van der Waals surface area contributed by atoms with Crippen LogP contribution in [-0.4, -0.2) is 65.5 Å². The maximum absolute atomic E-state index is 12.4. The number of amides is 1. The smallest absolute Gasteiger partial charge is 0.261 e. The summed E-state index contributed by atoms with van der Waals surface area (Å²) in [4.78, 5) is 14.7. The van der Waals surface area contributed by atoms with E-state index in [1.165, 1.54) is 4.31 Å². The SMILES string of the molecule is O=C(NCCCN1CCOCC1)c1ccc(N(CCc2cccc(Cl)c2Cl)S(=O)O)cc1. The molecule has 7 nitrogen and oxygen atoms in total. The Morgan fingerprint density at radius 2 is 1.88 bits per heavy atom. The third-order valence-corrected chi connectivity index (χ3v) is 6.89. The molecule has 0 aromatic heterocycles. The minimum absolute atomic E-state index is 0.166. The third-order valence-electron chi connectivity index (χ3n) is 5.26. The van der Waals surface area contributed by atoms with Crippen LogP contribution in [0, 0.1) is 0 Å². The number of carbonyl (C=O) groups excluding carboxylic acids is 1. The van der Waals surface area contributed by atoms with Crippen LogP contribution in [0.15, 0.2) is 42.5 Å². The summed E-state index contributed by atoms with van der Waals surface area (Å²) >= 11 is 10.0. The zero-order chi connectivity index (χ0) is 22.9. The van der Waals surface area contributed by atoms with Gasteiger partial charge in [-0.2, -0.15) is 0 Å². The summed E-state index contributed by atoms with van der Waals surface area (Å²) in [5, 5.41) is 3.81. The molecular formula is C22H27Cl2N3O4S. The first-order valence-electron chi connectivity index (χ1n) is 10.5. The Kier molecular flexibility index (Phi) is 9.77. The Labute approximate surface area is 201 Å². The normalized spacial score (nSPS) is 15.3. The minimum atomic E-state index is -2.22. The number of hydrogen-bond donors (Lipinski definition) is 2. The Morgan fingerprint density at radius 3 is 2.56 bits per heavy atom. The lowest BCUT2D eigenvalue weighted by Gasteiger charge is -2.26. The molecule has 2 aromatic carbocycles. The second-order valence-corrected chi connectivity index (χ2v) is 9.09. The molecule has 0 spiro atoms. The van der Waals surface area contributed by atoms with E-state index in [1.54, 1.807) is 36.4 Å². The van der Waals surface area contributed by atoms with Gasteiger partial charge in [0.25, 0.3) is 17.2 Å². The first-order valence-corrected chi connectivity index (χ1v) is 12.3. The molecular weight excluding hydrogens is 473 g/mol. The minimum Gasteiger partial charge on any atom is -0.379 e. The molecule has 1 unspecified atom stereocenters. The van der Waals surface area contributed by atoms with Gasteiger partial charge in [0.1, 0.15) is 0 Å². The van der Waals surface area contributed by atoms with Crippen LogP contribution in [0.25, 0.3) is 0 Å². The van der Waals surface area contributed by atoms with E-state index in [-0.39, 0.29) is 12.5 Å². The maximum Gasteiger partial charge on any atom is 0.261 e. The number of rotatable bonds is 10. The summed E-state index contributed by atoms with van der Waals surface area (Å²) in [6.07, 6.45) is 1.31. The molecule has 1 heterocycles. The summed E-state index contributed by atoms with van der Waals surface area (Å²) in [6, 6.07) is 11.9. The van der Waals surface area contributed by atoms with Crippen molar-refractivity contribution in [3.05, 3.63) is 63.6 Å². The first-order chi connectivity index (χ1) is 15.5. The van der Waals surface area contributed by atoms with Crippen molar-refractivity contribution in [3.63, 3.8) is 0 Å². The largest absolute Gasteiger partial charge is 0.379 e. The molecule has 10 heteroatoms. The van der Waals surface area contributed by atoms with Crippen molar-refractivity contribution in [2.75, 3.05) is 50.2 Å². The first kappa shape index (κ1) is 25.0. The van der Waals surface area contributed by atoms with Crippen LogP contribution in [0.2, 0.25) is 10.0 Å². The summed E-state index contributed by atoms with van der Waals surface area (Å²) in [5.41, 5.74) is 1.83. The molecule has 0 radical (unpaired) electrons. The highest BCUT2D eigenvalue weighted by Crippen LogP contribution is 2.26. The zero-order valence-corrected chi connectivity index (χ0v) is 20.0. The monoisotopic (exact) mass is 499 g/mol. The Hall–Kier alpha value is -1.68. The molecule has 2 N–H and O–H groups in total. The van der Waals surface area contributed by atoms with Crippen molar-refractivity contribution in [3.8, 4) is 0 Å². The van der Waals surface area contributed by atoms with E-state index < -0.39 is 11.3 Å². The summed E-state index contributed by atoms with van der Waals surface area (Å²) in [6.45, 7) is 5.17. The van der Waals surface area contributed by atoms with Gasteiger partial charge >= 0.3 is 0 Å². The van der Waals surface area contributed by atoms with Gasteiger partial charge in [0.15, 0.2) is 0 Å². The Morgan fingerprint density at radius 1 is 1.16 bits per heavy atom. The number of ether oxygens (including phenoxy) is 1. The van der Waals surface area contributed by atoms with E-state index in [2.05, 4.69) is 10.2 Å². The van der Waals surface area contributed by atoms with Crippen molar-refractivity contribution in [2.45, 2.75) is 12.8 Å². The van der Waals surface area contributed by atoms with Crippen LogP contribution in [0.1, 0.15) is 22.3 Å². The van der Waals surface area contributed by atoms with Crippen LogP contribution in [-0.2, 0) is 22.4 Å². The number of halogens is 2. The van der Waals surface area contributed by atoms with E-state index in [9.17, 15) is 13.6 Å². The predicted octanol–water partition coefficient (Wildman–Crippen LogP) is 3.63. The molecule has 3 rings (SSSR count). The van der Waals surface area contributed by atoms with Gasteiger partial charge in [0.2, 0.25) is 0 Å². The van der Waals surface area contributed by atoms with Gasteiger partial charge < -0.3 is 10.1 Å². The fourth-order valence-corrected chi connectivity index (χ4v) is 4.44. The number of benzene rings is 2. The fourth-order valence-electron chi connectivity index (χ4n) is 3.47. The maximum atomic E-state index is 12.4. The number of anilines is 1. The van der Waals surface area contributed by atoms with Gasteiger partial charge in [-0.1, -0.05) is 35.3 Å². The van der Waals surface area contributed by atoms with Crippen LogP contribution in [0.3, 0.4) is 0 Å². The van der Waals surface area contributed by atoms with Gasteiger partial charge in [-0.15, -0.1) is 0 Å². The fraction of sp³-hybridized carbons (Fsp3) is 0.409. The topological polar surface area (TPSA) is 82.1 Å². The van der Waals surface area contributed by atoms with E-state index in [4.69, 9.17) is 27.9 Å². The number of carbonyl (C=O) groups is 1. The standard InChI is InChI=1S/C22H27Cl2N3O4S/c23-20-4-1-3-17(21(20)24)9-12-27(32(29)30)19-7-5-18(6-8-19)22(28)25-10-2-11-26-13-15-31-16-14-26/h1,3-8H,2,9-16H2,(H,25,28)(H,29,30). The quantitative estimate of drug-likeness (QED) is 0.385. The molecule has 1 aliphatic rings. The lowest BCUT2D eigenvalue weighted by Crippen LogP contribution is -2.38. The third kappa shape index (κ3) is 7.16. The molecule has 1 aliphatic heterocycles. The molecule has 2 aromatic rings. The highest BCUT2D eigenvalue weighted by atomic mass is 35.5. The summed E-state index contributed by atoms with van der Waals surface area (Å²) < 4.78 is 28.3. The molecule has 32 heavy (non-hydrogen) atoms. The average molecular weight is 500 g/mol. The van der Waals surface area contributed by atoms with Crippen molar-refractivity contribution < 1.29 is 18.3 Å². The van der Waals surface area contributed by atoms with Crippen molar-refractivity contribution in [1.82, 2.24) is 10.2 Å². The number of nitrogens with zero attached hydrogens (tertiary/aromatic N) is 2. The van der Waals surface area contributed by atoms with E-state index in [0.717, 1.165) is 44.8 Å². The van der Waals surface area contributed by atoms with Crippen molar-refractivity contribution in [2.24, 2.45) is 0 Å². The van der Waals surface area contributed by atoms with Gasteiger partial charge in [-0.25, -0.2) is 4.21 Å². The Balaban J connectivity index is 1.51. The second-order valence-electron chi connectivity index (χ2n) is 7.41. The lowest BCUT2D eigenvalue weighted by atomic mass is 10.1. The number of hydrogen-bond acceptors (Lipinski definition) is 4. The van der Waals surface area contributed by atoms with Crippen LogP contribution >= 0.6 is 23.2 Å². The Bertz CT molecular complexity index is 924. The van der Waals surface area contributed by atoms with Crippen LogP contribution in [0.5, 0.6) is 0 Å². The zero-order valence-electron chi connectivity index (χ0n) is 17.6. The summed E-state index contributed by atoms with van der Waals surface area (Å²) in [7, 11) is 0. The van der Waals surface area contributed by atoms with Crippen molar-refractivity contribution in [1.29, 1.82) is 0 Å². The van der Waals surface area contributed by atoms with Gasteiger partial charge in [0.05, 0.1) is 28.9 Å². The molecule has 1 fully saturated rings. The number of nitrogens with one attached hydrogen (secondary N) is 1. The molecule has 0 aliphatic carbocycles. The molecule has 174 valence electrons. The van der Waals surface area contributed by atoms with E-state index in [1.807, 2.05) is 6.07 Å².